The molecule has 0 aliphatic rings. The Balaban J connectivity index is 0. The third kappa shape index (κ3) is 16.3. The summed E-state index contributed by atoms with van der Waals surface area (Å²) >= 11 is 0. The average molecular weight is 387 g/mol. The predicted octanol–water partition coefficient (Wildman–Crippen LogP) is 1.65. The van der Waals surface area contributed by atoms with Gasteiger partial charge in [0.2, 0.25) is 0 Å². The van der Waals surface area contributed by atoms with Crippen molar-refractivity contribution < 1.29 is 34.8 Å². The number of carboxylic acids is 2. The molecule has 0 atom stereocenters. The molecule has 1 rings (SSSR count). The van der Waals surface area contributed by atoms with Gasteiger partial charge in [0, 0.05) is 26.8 Å². The number of aliphatic carboxylic acids is 2. The molecule has 0 aliphatic heterocycles. The molecule has 0 saturated carbocycles. The summed E-state index contributed by atoms with van der Waals surface area (Å²) in [6, 6.07) is 3.42. The van der Waals surface area contributed by atoms with E-state index in [4.69, 9.17) is 24.9 Å². The van der Waals surface area contributed by atoms with Gasteiger partial charge in [0.25, 0.3) is 0 Å². The van der Waals surface area contributed by atoms with E-state index < -0.39 is 18.0 Å². The van der Waals surface area contributed by atoms with Crippen molar-refractivity contribution in [2.24, 2.45) is 5.92 Å². The fourth-order valence-electron chi connectivity index (χ4n) is 1.36. The van der Waals surface area contributed by atoms with Crippen LogP contribution < -0.4 is 0 Å². The summed E-state index contributed by atoms with van der Waals surface area (Å²) in [5, 5.41) is 32.2. The molecule has 1 amide bonds. The van der Waals surface area contributed by atoms with E-state index in [9.17, 15) is 9.90 Å². The molecule has 0 radical (unpaired) electrons. The van der Waals surface area contributed by atoms with Gasteiger partial charge in [0.15, 0.2) is 0 Å². The van der Waals surface area contributed by atoms with Gasteiger partial charge in [-0.1, -0.05) is 13.8 Å². The third-order valence-corrected chi connectivity index (χ3v) is 2.94. The Morgan fingerprint density at radius 3 is 1.89 bits per heavy atom. The standard InChI is InChI=1S/C12H20N2O.C3H7NO2.C2H2O4/c1-10(2)6-8-14(3)9-11-12(15)5-4-7-13-11;1-4(2)3(5)6;3-1(4)2(5)6/h4-5,7,10,15H,6,8-9H2,1-3H3;1-2H3,(H,5,6);(H,3,4)(H,5,6). The number of aromatic nitrogens is 1. The van der Waals surface area contributed by atoms with Crippen molar-refractivity contribution in [3.63, 3.8) is 0 Å². The van der Waals surface area contributed by atoms with E-state index >= 15 is 0 Å². The molecule has 0 aliphatic carbocycles. The van der Waals surface area contributed by atoms with E-state index in [-0.39, 0.29) is 5.75 Å². The maximum Gasteiger partial charge on any atom is 0.414 e. The smallest absolute Gasteiger partial charge is 0.414 e. The van der Waals surface area contributed by atoms with Gasteiger partial charge in [0.05, 0.1) is 5.69 Å². The molecule has 0 fully saturated rings. The molecule has 0 unspecified atom stereocenters. The Bertz CT molecular complexity index is 580. The zero-order valence-electron chi connectivity index (χ0n) is 16.3. The van der Waals surface area contributed by atoms with Gasteiger partial charge in [-0.3, -0.25) is 4.98 Å². The molecule has 0 bridgehead atoms. The van der Waals surface area contributed by atoms with Crippen molar-refractivity contribution in [2.75, 3.05) is 27.7 Å². The quantitative estimate of drug-likeness (QED) is 0.552. The van der Waals surface area contributed by atoms with Gasteiger partial charge in [-0.05, 0) is 38.1 Å². The second kappa shape index (κ2) is 14.3. The first-order valence-corrected chi connectivity index (χ1v) is 8.06. The first-order chi connectivity index (χ1) is 12.4. The molecular weight excluding hydrogens is 358 g/mol. The molecule has 154 valence electrons. The van der Waals surface area contributed by atoms with Crippen molar-refractivity contribution >= 4 is 18.0 Å². The van der Waals surface area contributed by atoms with Crippen molar-refractivity contribution in [3.05, 3.63) is 24.0 Å². The van der Waals surface area contributed by atoms with Crippen LogP contribution in [0.2, 0.25) is 0 Å². The van der Waals surface area contributed by atoms with E-state index in [1.807, 2.05) is 0 Å². The van der Waals surface area contributed by atoms with Crippen LogP contribution in [-0.2, 0) is 16.1 Å². The van der Waals surface area contributed by atoms with E-state index in [2.05, 4.69) is 30.8 Å². The lowest BCUT2D eigenvalue weighted by Crippen LogP contribution is -2.20. The summed E-state index contributed by atoms with van der Waals surface area (Å²) in [5.74, 6) is -2.65. The van der Waals surface area contributed by atoms with Gasteiger partial charge < -0.3 is 30.2 Å². The molecule has 1 heterocycles. The third-order valence-electron chi connectivity index (χ3n) is 2.94. The SMILES string of the molecule is CC(C)CCN(C)Cc1ncccc1O.CN(C)C(=O)O.O=C(O)C(=O)O. The van der Waals surface area contributed by atoms with Crippen LogP contribution in [0.1, 0.15) is 26.0 Å². The molecule has 10 heteroatoms. The van der Waals surface area contributed by atoms with E-state index in [0.717, 1.165) is 17.1 Å². The fraction of sp³-hybridized carbons (Fsp3) is 0.529. The number of hydrogen-bond acceptors (Lipinski definition) is 6. The highest BCUT2D eigenvalue weighted by atomic mass is 16.4. The molecule has 0 saturated heterocycles. The number of pyridine rings is 1. The first-order valence-electron chi connectivity index (χ1n) is 8.06. The Labute approximate surface area is 158 Å². The maximum atomic E-state index is 9.62. The maximum absolute atomic E-state index is 9.62. The van der Waals surface area contributed by atoms with Crippen molar-refractivity contribution in [1.82, 2.24) is 14.8 Å². The number of carboxylic acid groups (broad SMARTS) is 3. The van der Waals surface area contributed by atoms with E-state index in [0.29, 0.717) is 12.5 Å². The van der Waals surface area contributed by atoms with Crippen LogP contribution in [0.25, 0.3) is 0 Å². The van der Waals surface area contributed by atoms with Gasteiger partial charge >= 0.3 is 18.0 Å². The van der Waals surface area contributed by atoms with E-state index in [1.54, 1.807) is 18.3 Å². The lowest BCUT2D eigenvalue weighted by molar-refractivity contribution is -0.159. The minimum absolute atomic E-state index is 0.286. The zero-order chi connectivity index (χ0) is 21.6. The normalized spacial score (nSPS) is 9.59. The summed E-state index contributed by atoms with van der Waals surface area (Å²) in [6.45, 7) is 6.17. The Kier molecular flexibility index (Phi) is 14.0. The number of nitrogens with zero attached hydrogens (tertiary/aromatic N) is 3. The highest BCUT2D eigenvalue weighted by Crippen LogP contribution is 2.14. The van der Waals surface area contributed by atoms with Crippen molar-refractivity contribution in [3.8, 4) is 5.75 Å². The molecule has 1 aromatic rings. The average Bonchev–Trinajstić information content (AvgIpc) is 2.56. The van der Waals surface area contributed by atoms with Crippen LogP contribution in [0, 0.1) is 5.92 Å². The Hall–Kier alpha value is -2.88. The second-order valence-corrected chi connectivity index (χ2v) is 6.18. The van der Waals surface area contributed by atoms with E-state index in [1.165, 1.54) is 20.5 Å². The van der Waals surface area contributed by atoms with Gasteiger partial charge in [-0.25, -0.2) is 14.4 Å². The summed E-state index contributed by atoms with van der Waals surface area (Å²) < 4.78 is 0. The topological polar surface area (TPSA) is 152 Å². The largest absolute Gasteiger partial charge is 0.506 e. The lowest BCUT2D eigenvalue weighted by atomic mass is 10.1. The van der Waals surface area contributed by atoms with Crippen LogP contribution in [0.15, 0.2) is 18.3 Å². The minimum Gasteiger partial charge on any atom is -0.506 e. The monoisotopic (exact) mass is 387 g/mol. The van der Waals surface area contributed by atoms with Crippen LogP contribution in [0.4, 0.5) is 4.79 Å². The summed E-state index contributed by atoms with van der Waals surface area (Å²) in [7, 11) is 5.00. The number of carbonyl (C=O) groups is 3. The minimum atomic E-state index is -1.82. The number of aromatic hydroxyl groups is 1. The first kappa shape index (κ1) is 26.4. The van der Waals surface area contributed by atoms with Crippen LogP contribution in [0.3, 0.4) is 0 Å². The van der Waals surface area contributed by atoms with Gasteiger partial charge in [0.1, 0.15) is 5.75 Å². The molecule has 0 spiro atoms. The van der Waals surface area contributed by atoms with Gasteiger partial charge in [-0.15, -0.1) is 0 Å². The number of amides is 1. The molecular formula is C17H29N3O7. The molecule has 0 aromatic carbocycles. The van der Waals surface area contributed by atoms with Crippen LogP contribution in [0.5, 0.6) is 5.75 Å². The summed E-state index contributed by atoms with van der Waals surface area (Å²) in [5.41, 5.74) is 0.753. The highest BCUT2D eigenvalue weighted by molar-refractivity contribution is 6.27. The number of rotatable bonds is 5. The summed E-state index contributed by atoms with van der Waals surface area (Å²) in [6.07, 6.45) is 1.98. The summed E-state index contributed by atoms with van der Waals surface area (Å²) in [4.78, 5) is 35.2. The van der Waals surface area contributed by atoms with Crippen LogP contribution in [-0.4, -0.2) is 80.9 Å². The molecule has 27 heavy (non-hydrogen) atoms. The lowest BCUT2D eigenvalue weighted by Gasteiger charge is -2.17. The van der Waals surface area contributed by atoms with Gasteiger partial charge in [-0.2, -0.15) is 0 Å². The molecule has 1 aromatic heterocycles. The Morgan fingerprint density at radius 2 is 1.56 bits per heavy atom. The molecule has 4 N–H and O–H groups in total. The second-order valence-electron chi connectivity index (χ2n) is 6.18. The van der Waals surface area contributed by atoms with Crippen molar-refractivity contribution in [2.45, 2.75) is 26.8 Å². The predicted molar refractivity (Wildman–Crippen MR) is 98.7 cm³/mol. The number of hydrogen-bond donors (Lipinski definition) is 4. The Morgan fingerprint density at radius 1 is 1.07 bits per heavy atom. The zero-order valence-corrected chi connectivity index (χ0v) is 16.3. The van der Waals surface area contributed by atoms with Crippen molar-refractivity contribution in [1.29, 1.82) is 0 Å². The molecule has 10 nitrogen and oxygen atoms in total. The van der Waals surface area contributed by atoms with Crippen LogP contribution >= 0.6 is 0 Å². The highest BCUT2D eigenvalue weighted by Gasteiger charge is 2.06. The fourth-order valence-corrected chi connectivity index (χ4v) is 1.36.